The fourth-order valence-corrected chi connectivity index (χ4v) is 2.60. The van der Waals surface area contributed by atoms with Crippen LogP contribution >= 0.6 is 0 Å². The van der Waals surface area contributed by atoms with Crippen LogP contribution in [0.25, 0.3) is 0 Å². The normalized spacial score (nSPS) is 13.6. The molecule has 1 aromatic rings. The van der Waals surface area contributed by atoms with Gasteiger partial charge in [-0.05, 0) is 38.3 Å². The Morgan fingerprint density at radius 1 is 1.15 bits per heavy atom. The van der Waals surface area contributed by atoms with Crippen molar-refractivity contribution in [3.63, 3.8) is 0 Å². The molecule has 0 saturated carbocycles. The molecule has 1 aromatic carbocycles. The van der Waals surface area contributed by atoms with Crippen LogP contribution < -0.4 is 5.32 Å². The second-order valence-corrected chi connectivity index (χ2v) is 7.17. The molecule has 0 atom stereocenters. The van der Waals surface area contributed by atoms with Crippen molar-refractivity contribution in [3.8, 4) is 0 Å². The van der Waals surface area contributed by atoms with Crippen LogP contribution in [-0.4, -0.2) is 48.2 Å². The second kappa shape index (κ2) is 8.69. The number of ether oxygens (including phenoxy) is 2. The molecule has 0 aliphatic carbocycles. The molecule has 26 heavy (non-hydrogen) atoms. The number of nitrogens with zero attached hydrogens (tertiary/aromatic N) is 1. The van der Waals surface area contributed by atoms with Gasteiger partial charge >= 0.3 is 12.1 Å². The average Bonchev–Trinajstić information content (AvgIpc) is 2.57. The van der Waals surface area contributed by atoms with Crippen LogP contribution in [0.4, 0.5) is 4.79 Å². The van der Waals surface area contributed by atoms with E-state index in [2.05, 4.69) is 11.4 Å². The van der Waals surface area contributed by atoms with Gasteiger partial charge in [-0.2, -0.15) is 0 Å². The van der Waals surface area contributed by atoms with Crippen LogP contribution in [0.2, 0.25) is 0 Å². The minimum Gasteiger partial charge on any atom is -0.456 e. The van der Waals surface area contributed by atoms with Crippen LogP contribution in [-0.2, 0) is 32.0 Å². The van der Waals surface area contributed by atoms with E-state index in [1.165, 1.54) is 5.56 Å². The lowest BCUT2D eigenvalue weighted by Gasteiger charge is -2.28. The molecule has 2 amide bonds. The van der Waals surface area contributed by atoms with E-state index in [1.807, 2.05) is 18.2 Å². The topological polar surface area (TPSA) is 84.9 Å². The Bertz CT molecular complexity index is 666. The summed E-state index contributed by atoms with van der Waals surface area (Å²) >= 11 is 0. The van der Waals surface area contributed by atoms with Gasteiger partial charge in [0.2, 0.25) is 0 Å². The Morgan fingerprint density at radius 2 is 1.85 bits per heavy atom. The molecule has 0 aromatic heterocycles. The molecule has 1 aliphatic heterocycles. The van der Waals surface area contributed by atoms with Gasteiger partial charge in [-0.25, -0.2) is 4.79 Å². The van der Waals surface area contributed by atoms with Crippen molar-refractivity contribution in [2.24, 2.45) is 0 Å². The lowest BCUT2D eigenvalue weighted by molar-refractivity contribution is -0.152. The summed E-state index contributed by atoms with van der Waals surface area (Å²) in [6, 6.07) is 8.01. The van der Waals surface area contributed by atoms with Gasteiger partial charge in [0.25, 0.3) is 5.91 Å². The number of carbonyl (C=O) groups excluding carboxylic acids is 3. The van der Waals surface area contributed by atoms with Gasteiger partial charge in [0.15, 0.2) is 6.61 Å². The molecule has 1 N–H and O–H groups in total. The second-order valence-electron chi connectivity index (χ2n) is 7.17. The van der Waals surface area contributed by atoms with E-state index in [0.717, 1.165) is 12.0 Å². The zero-order valence-corrected chi connectivity index (χ0v) is 15.5. The number of rotatable bonds is 5. The number of hydrogen-bond donors (Lipinski definition) is 1. The molecule has 0 bridgehead atoms. The highest BCUT2D eigenvalue weighted by atomic mass is 16.6. The molecule has 142 valence electrons. The van der Waals surface area contributed by atoms with E-state index in [1.54, 1.807) is 25.7 Å². The number of nitrogens with one attached hydrogen (secondary N) is 1. The number of amides is 2. The summed E-state index contributed by atoms with van der Waals surface area (Å²) in [5, 5.41) is 2.47. The Labute approximate surface area is 153 Å². The zero-order chi connectivity index (χ0) is 19.2. The fourth-order valence-electron chi connectivity index (χ4n) is 2.60. The number of fused-ring (bicyclic) bond motifs is 1. The molecule has 0 unspecified atom stereocenters. The molecule has 1 aliphatic rings. The summed E-state index contributed by atoms with van der Waals surface area (Å²) < 4.78 is 10.1. The number of carbonyl (C=O) groups is 3. The lowest BCUT2D eigenvalue weighted by Crippen LogP contribution is -2.38. The van der Waals surface area contributed by atoms with Crippen molar-refractivity contribution >= 4 is 18.0 Å². The van der Waals surface area contributed by atoms with E-state index >= 15 is 0 Å². The monoisotopic (exact) mass is 362 g/mol. The Hall–Kier alpha value is -2.57. The van der Waals surface area contributed by atoms with E-state index in [-0.39, 0.29) is 25.5 Å². The van der Waals surface area contributed by atoms with Gasteiger partial charge in [0, 0.05) is 19.6 Å². The third-order valence-corrected chi connectivity index (χ3v) is 3.84. The molecule has 0 saturated heterocycles. The van der Waals surface area contributed by atoms with Crippen LogP contribution in [0.3, 0.4) is 0 Å². The largest absolute Gasteiger partial charge is 0.456 e. The Morgan fingerprint density at radius 3 is 2.54 bits per heavy atom. The van der Waals surface area contributed by atoms with Crippen molar-refractivity contribution in [1.82, 2.24) is 10.2 Å². The number of benzene rings is 1. The van der Waals surface area contributed by atoms with Gasteiger partial charge in [-0.3, -0.25) is 9.59 Å². The first-order valence-corrected chi connectivity index (χ1v) is 8.71. The lowest BCUT2D eigenvalue weighted by atomic mass is 10.00. The summed E-state index contributed by atoms with van der Waals surface area (Å²) in [5.74, 6) is -0.750. The standard InChI is InChI=1S/C19H26N2O5/c1-19(2,3)26-18(24)20-10-8-17(23)25-13-16(22)21-11-9-14-6-4-5-7-15(14)12-21/h4-7H,8-13H2,1-3H3,(H,20,24). The van der Waals surface area contributed by atoms with Gasteiger partial charge < -0.3 is 19.7 Å². The molecule has 1 heterocycles. The van der Waals surface area contributed by atoms with Crippen molar-refractivity contribution in [2.45, 2.75) is 45.8 Å². The average molecular weight is 362 g/mol. The number of hydrogen-bond acceptors (Lipinski definition) is 5. The van der Waals surface area contributed by atoms with E-state index < -0.39 is 17.7 Å². The number of alkyl carbamates (subject to hydrolysis) is 1. The molecule has 0 radical (unpaired) electrons. The first-order valence-electron chi connectivity index (χ1n) is 8.71. The molecule has 7 nitrogen and oxygen atoms in total. The molecule has 0 spiro atoms. The van der Waals surface area contributed by atoms with Crippen molar-refractivity contribution in [1.29, 1.82) is 0 Å². The smallest absolute Gasteiger partial charge is 0.407 e. The quantitative estimate of drug-likeness (QED) is 0.810. The first-order chi connectivity index (χ1) is 12.2. The van der Waals surface area contributed by atoms with Gasteiger partial charge in [0.1, 0.15) is 5.60 Å². The predicted octanol–water partition coefficient (Wildman–Crippen LogP) is 2.03. The van der Waals surface area contributed by atoms with Crippen molar-refractivity contribution < 1.29 is 23.9 Å². The van der Waals surface area contributed by atoms with Crippen LogP contribution in [0, 0.1) is 0 Å². The molecular formula is C19H26N2O5. The van der Waals surface area contributed by atoms with Gasteiger partial charge in [-0.1, -0.05) is 24.3 Å². The van der Waals surface area contributed by atoms with Crippen LogP contribution in [0.15, 0.2) is 24.3 Å². The summed E-state index contributed by atoms with van der Waals surface area (Å²) in [7, 11) is 0. The molecule has 2 rings (SSSR count). The van der Waals surface area contributed by atoms with E-state index in [0.29, 0.717) is 13.1 Å². The zero-order valence-electron chi connectivity index (χ0n) is 15.5. The predicted molar refractivity (Wildman–Crippen MR) is 95.4 cm³/mol. The molecule has 0 fully saturated rings. The molecular weight excluding hydrogens is 336 g/mol. The number of esters is 1. The van der Waals surface area contributed by atoms with Gasteiger partial charge in [0.05, 0.1) is 6.42 Å². The van der Waals surface area contributed by atoms with Crippen LogP contribution in [0.5, 0.6) is 0 Å². The minimum atomic E-state index is -0.593. The Balaban J connectivity index is 1.66. The fraction of sp³-hybridized carbons (Fsp3) is 0.526. The maximum Gasteiger partial charge on any atom is 0.407 e. The van der Waals surface area contributed by atoms with E-state index in [4.69, 9.17) is 9.47 Å². The summed E-state index contributed by atoms with van der Waals surface area (Å²) in [6.45, 7) is 6.23. The summed E-state index contributed by atoms with van der Waals surface area (Å²) in [4.78, 5) is 37.1. The first kappa shape index (κ1) is 19.8. The van der Waals surface area contributed by atoms with Crippen LogP contribution in [0.1, 0.15) is 38.3 Å². The summed E-state index contributed by atoms with van der Waals surface area (Å²) in [5.41, 5.74) is 1.78. The summed E-state index contributed by atoms with van der Waals surface area (Å²) in [6.07, 6.45) is 0.193. The highest BCUT2D eigenvalue weighted by Gasteiger charge is 2.21. The minimum absolute atomic E-state index is 0.0185. The highest BCUT2D eigenvalue weighted by Crippen LogP contribution is 2.18. The molecule has 7 heteroatoms. The van der Waals surface area contributed by atoms with Crippen molar-refractivity contribution in [2.75, 3.05) is 19.7 Å². The third kappa shape index (κ3) is 6.38. The maximum absolute atomic E-state index is 12.2. The Kier molecular flexibility index (Phi) is 6.60. The SMILES string of the molecule is CC(C)(C)OC(=O)NCCC(=O)OCC(=O)N1CCc2ccccc2C1. The third-order valence-electron chi connectivity index (χ3n) is 3.84. The maximum atomic E-state index is 12.2. The van der Waals surface area contributed by atoms with Crippen molar-refractivity contribution in [3.05, 3.63) is 35.4 Å². The highest BCUT2D eigenvalue weighted by molar-refractivity contribution is 5.81. The van der Waals surface area contributed by atoms with E-state index in [9.17, 15) is 14.4 Å². The van der Waals surface area contributed by atoms with Gasteiger partial charge in [-0.15, -0.1) is 0 Å².